The van der Waals surface area contributed by atoms with Crippen molar-refractivity contribution in [1.82, 2.24) is 19.7 Å². The van der Waals surface area contributed by atoms with Crippen LogP contribution < -0.4 is 5.69 Å². The molecule has 2 heterocycles. The molecule has 0 amide bonds. The Morgan fingerprint density at radius 3 is 2.55 bits per heavy atom. The highest BCUT2D eigenvalue weighted by Gasteiger charge is 2.36. The number of H-pyrrole nitrogens is 1. The summed E-state index contributed by atoms with van der Waals surface area (Å²) < 4.78 is 43.1. The average molecular weight is 556 g/mol. The third-order valence-electron chi connectivity index (χ3n) is 8.16. The Morgan fingerprint density at radius 2 is 1.88 bits per heavy atom. The van der Waals surface area contributed by atoms with E-state index in [1.807, 2.05) is 13.0 Å². The zero-order valence-electron chi connectivity index (χ0n) is 23.0. The second kappa shape index (κ2) is 12.0. The number of oxime groups is 1. The Labute approximate surface area is 232 Å². The Balaban J connectivity index is 1.21. The van der Waals surface area contributed by atoms with Crippen molar-refractivity contribution in [1.29, 1.82) is 0 Å². The molecule has 1 N–H and O–H groups in total. The van der Waals surface area contributed by atoms with E-state index in [2.05, 4.69) is 39.2 Å². The standard InChI is InChI=1S/C30H36F3N5O2/c1-3-22-14-24(10-11-25(22)15-37-16-26(17-37)38-29(39)34-19-35-38)20(2)36-40-18-21-9-12-27(23-7-5-4-6-8-23)28(13-21)30(31,32)33/h9-14,19,23,26H,3-8,15-18H2,1-2H3,(H,34,35,39)/b36-20+. The monoisotopic (exact) mass is 555 g/mol. The first kappa shape index (κ1) is 28.1. The molecule has 1 aliphatic heterocycles. The zero-order valence-corrected chi connectivity index (χ0v) is 23.0. The molecule has 0 radical (unpaired) electrons. The maximum atomic E-state index is 13.9. The van der Waals surface area contributed by atoms with Gasteiger partial charge in [-0.2, -0.15) is 18.3 Å². The Hall–Kier alpha value is -3.40. The SMILES string of the molecule is CCc1cc(/C(C)=N/OCc2ccc(C3CCCCC3)c(C(F)(F)F)c2)ccc1CN1CC(n2nc[nH]c2=O)C1. The number of rotatable bonds is 9. The smallest absolute Gasteiger partial charge is 0.391 e. The van der Waals surface area contributed by atoms with Gasteiger partial charge < -0.3 is 4.84 Å². The molecule has 0 atom stereocenters. The van der Waals surface area contributed by atoms with Crippen LogP contribution in [0.4, 0.5) is 13.2 Å². The van der Waals surface area contributed by atoms with Crippen molar-refractivity contribution < 1.29 is 18.0 Å². The van der Waals surface area contributed by atoms with Gasteiger partial charge in [0.2, 0.25) is 0 Å². The van der Waals surface area contributed by atoms with Crippen molar-refractivity contribution in [3.63, 3.8) is 0 Å². The number of aromatic nitrogens is 3. The van der Waals surface area contributed by atoms with Gasteiger partial charge >= 0.3 is 11.9 Å². The minimum Gasteiger partial charge on any atom is -0.391 e. The Morgan fingerprint density at radius 1 is 1.10 bits per heavy atom. The second-order valence-corrected chi connectivity index (χ2v) is 10.9. The number of hydrogen-bond donors (Lipinski definition) is 1. The van der Waals surface area contributed by atoms with Crippen LogP contribution in [0.1, 0.15) is 91.3 Å². The fourth-order valence-electron chi connectivity index (χ4n) is 5.89. The lowest BCUT2D eigenvalue weighted by molar-refractivity contribution is -0.138. The normalized spacial score (nSPS) is 17.7. The third kappa shape index (κ3) is 6.32. The first-order valence-corrected chi connectivity index (χ1v) is 14.1. The van der Waals surface area contributed by atoms with Crippen molar-refractivity contribution in [3.05, 3.63) is 86.6 Å². The molecule has 0 unspecified atom stereocenters. The van der Waals surface area contributed by atoms with Crippen LogP contribution in [0.15, 0.2) is 52.7 Å². The van der Waals surface area contributed by atoms with E-state index in [0.717, 1.165) is 63.7 Å². The van der Waals surface area contributed by atoms with Gasteiger partial charge in [0.25, 0.3) is 0 Å². The molecular weight excluding hydrogens is 519 g/mol. The van der Waals surface area contributed by atoms with E-state index in [4.69, 9.17) is 4.84 Å². The summed E-state index contributed by atoms with van der Waals surface area (Å²) in [5.74, 6) is -0.0281. The van der Waals surface area contributed by atoms with Crippen molar-refractivity contribution in [3.8, 4) is 0 Å². The van der Waals surface area contributed by atoms with Gasteiger partial charge in [-0.25, -0.2) is 9.48 Å². The van der Waals surface area contributed by atoms with Crippen LogP contribution in [-0.4, -0.2) is 38.5 Å². The molecule has 1 aliphatic carbocycles. The van der Waals surface area contributed by atoms with E-state index in [1.54, 1.807) is 12.1 Å². The van der Waals surface area contributed by atoms with E-state index >= 15 is 0 Å². The van der Waals surface area contributed by atoms with E-state index in [9.17, 15) is 18.0 Å². The summed E-state index contributed by atoms with van der Waals surface area (Å²) in [6, 6.07) is 10.8. The van der Waals surface area contributed by atoms with Crippen molar-refractivity contribution in [2.75, 3.05) is 13.1 Å². The maximum absolute atomic E-state index is 13.9. The minimum atomic E-state index is -4.39. The molecule has 1 saturated heterocycles. The predicted molar refractivity (Wildman–Crippen MR) is 147 cm³/mol. The molecule has 1 saturated carbocycles. The van der Waals surface area contributed by atoms with Gasteiger partial charge in [0.1, 0.15) is 12.9 Å². The Kier molecular flexibility index (Phi) is 8.44. The highest BCUT2D eigenvalue weighted by molar-refractivity contribution is 5.98. The van der Waals surface area contributed by atoms with Gasteiger partial charge in [-0.1, -0.05) is 55.6 Å². The number of aryl methyl sites for hydroxylation is 1. The number of benzene rings is 2. The summed E-state index contributed by atoms with van der Waals surface area (Å²) in [6.07, 6.45) is 2.55. The van der Waals surface area contributed by atoms with Crippen LogP contribution >= 0.6 is 0 Å². The number of halogens is 3. The molecule has 2 aliphatic rings. The zero-order chi connectivity index (χ0) is 28.3. The second-order valence-electron chi connectivity index (χ2n) is 10.9. The molecule has 5 rings (SSSR count). The summed E-state index contributed by atoms with van der Waals surface area (Å²) in [6.45, 7) is 6.22. The highest BCUT2D eigenvalue weighted by Crippen LogP contribution is 2.41. The fraction of sp³-hybridized carbons (Fsp3) is 0.500. The van der Waals surface area contributed by atoms with Gasteiger partial charge in [-0.15, -0.1) is 0 Å². The van der Waals surface area contributed by atoms with Crippen LogP contribution in [0.5, 0.6) is 0 Å². The van der Waals surface area contributed by atoms with Crippen LogP contribution in [0.25, 0.3) is 0 Å². The van der Waals surface area contributed by atoms with Gasteiger partial charge in [0.15, 0.2) is 0 Å². The van der Waals surface area contributed by atoms with Gasteiger partial charge in [-0.05, 0) is 72.1 Å². The van der Waals surface area contributed by atoms with Gasteiger partial charge in [0.05, 0.1) is 17.3 Å². The number of nitrogens with one attached hydrogen (secondary N) is 1. The van der Waals surface area contributed by atoms with Crippen molar-refractivity contribution in [2.24, 2.45) is 5.16 Å². The minimum absolute atomic E-state index is 0.0281. The van der Waals surface area contributed by atoms with Gasteiger partial charge in [-0.3, -0.25) is 9.88 Å². The molecule has 1 aromatic heterocycles. The van der Waals surface area contributed by atoms with Crippen molar-refractivity contribution >= 4 is 5.71 Å². The number of nitrogens with zero attached hydrogens (tertiary/aromatic N) is 4. The lowest BCUT2D eigenvalue weighted by Crippen LogP contribution is -2.49. The number of likely N-dealkylation sites (tertiary alicyclic amines) is 1. The molecule has 2 fully saturated rings. The molecule has 10 heteroatoms. The quantitative estimate of drug-likeness (QED) is 0.252. The molecule has 214 valence electrons. The molecule has 40 heavy (non-hydrogen) atoms. The first-order chi connectivity index (χ1) is 19.2. The van der Waals surface area contributed by atoms with Gasteiger partial charge in [0, 0.05) is 19.6 Å². The average Bonchev–Trinajstić information content (AvgIpc) is 3.35. The summed E-state index contributed by atoms with van der Waals surface area (Å²) in [4.78, 5) is 22.1. The maximum Gasteiger partial charge on any atom is 0.416 e. The summed E-state index contributed by atoms with van der Waals surface area (Å²) in [5, 5.41) is 8.29. The topological polar surface area (TPSA) is 75.5 Å². The van der Waals surface area contributed by atoms with Crippen LogP contribution in [0.2, 0.25) is 0 Å². The fourth-order valence-corrected chi connectivity index (χ4v) is 5.89. The highest BCUT2D eigenvalue weighted by atomic mass is 19.4. The number of aromatic amines is 1. The summed E-state index contributed by atoms with van der Waals surface area (Å²) >= 11 is 0. The van der Waals surface area contributed by atoms with E-state index in [-0.39, 0.29) is 24.3 Å². The predicted octanol–water partition coefficient (Wildman–Crippen LogP) is 6.20. The van der Waals surface area contributed by atoms with Crippen LogP contribution in [0, 0.1) is 0 Å². The number of hydrogen-bond acceptors (Lipinski definition) is 5. The van der Waals surface area contributed by atoms with E-state index < -0.39 is 11.7 Å². The summed E-state index contributed by atoms with van der Waals surface area (Å²) in [5.41, 5.74) is 4.12. The molecule has 7 nitrogen and oxygen atoms in total. The first-order valence-electron chi connectivity index (χ1n) is 14.1. The molecule has 0 spiro atoms. The van der Waals surface area contributed by atoms with Crippen molar-refractivity contribution in [2.45, 2.75) is 83.7 Å². The molecule has 0 bridgehead atoms. The molecular formula is C30H36F3N5O2. The summed E-state index contributed by atoms with van der Waals surface area (Å²) in [7, 11) is 0. The molecule has 3 aromatic rings. The lowest BCUT2D eigenvalue weighted by atomic mass is 9.81. The largest absolute Gasteiger partial charge is 0.416 e. The lowest BCUT2D eigenvalue weighted by Gasteiger charge is -2.38. The van der Waals surface area contributed by atoms with Crippen LogP contribution in [0.3, 0.4) is 0 Å². The van der Waals surface area contributed by atoms with E-state index in [1.165, 1.54) is 28.2 Å². The Bertz CT molecular complexity index is 1400. The molecule has 2 aromatic carbocycles. The number of alkyl halides is 3. The third-order valence-corrected chi connectivity index (χ3v) is 8.16. The van der Waals surface area contributed by atoms with E-state index in [0.29, 0.717) is 16.8 Å². The van der Waals surface area contributed by atoms with Crippen LogP contribution in [-0.2, 0) is 30.6 Å².